The Bertz CT molecular complexity index is 1090. The summed E-state index contributed by atoms with van der Waals surface area (Å²) in [7, 11) is 0. The van der Waals surface area contributed by atoms with Crippen molar-refractivity contribution in [2.45, 2.75) is 25.6 Å². The summed E-state index contributed by atoms with van der Waals surface area (Å²) in [6, 6.07) is 1.61. The molecule has 0 aliphatic carbocycles. The van der Waals surface area contributed by atoms with Crippen LogP contribution in [0, 0.1) is 5.92 Å². The molecule has 0 spiro atoms. The van der Waals surface area contributed by atoms with Crippen molar-refractivity contribution in [1.29, 1.82) is 0 Å². The van der Waals surface area contributed by atoms with Crippen LogP contribution in [0.15, 0.2) is 30.9 Å². The molecule has 3 aromatic rings. The van der Waals surface area contributed by atoms with E-state index < -0.39 is 18.8 Å². The van der Waals surface area contributed by atoms with Crippen molar-refractivity contribution in [1.82, 2.24) is 29.6 Å². The van der Waals surface area contributed by atoms with Gasteiger partial charge in [-0.05, 0) is 18.9 Å². The second-order valence-electron chi connectivity index (χ2n) is 7.33. The van der Waals surface area contributed by atoms with Gasteiger partial charge in [0, 0.05) is 43.2 Å². The summed E-state index contributed by atoms with van der Waals surface area (Å²) in [5.41, 5.74) is 1.63. The average molecular weight is 436 g/mol. The van der Waals surface area contributed by atoms with Gasteiger partial charge in [-0.25, -0.2) is 14.8 Å². The number of nitrogens with zero attached hydrogens (tertiary/aromatic N) is 6. The van der Waals surface area contributed by atoms with Gasteiger partial charge in [-0.15, -0.1) is 0 Å². The molecule has 1 amide bonds. The second-order valence-corrected chi connectivity index (χ2v) is 7.33. The van der Waals surface area contributed by atoms with Gasteiger partial charge in [0.2, 0.25) is 5.88 Å². The van der Waals surface area contributed by atoms with Crippen LogP contribution in [-0.4, -0.2) is 66.7 Å². The van der Waals surface area contributed by atoms with Gasteiger partial charge in [-0.3, -0.25) is 9.67 Å². The van der Waals surface area contributed by atoms with Crippen molar-refractivity contribution >= 4 is 17.1 Å². The lowest BCUT2D eigenvalue weighted by Gasteiger charge is -2.30. The van der Waals surface area contributed by atoms with Crippen LogP contribution in [0.3, 0.4) is 0 Å². The highest BCUT2D eigenvalue weighted by atomic mass is 19.4. The number of piperidine rings is 1. The van der Waals surface area contributed by atoms with Crippen LogP contribution in [0.4, 0.5) is 18.0 Å². The molecule has 3 aromatic heterocycles. The van der Waals surface area contributed by atoms with E-state index in [1.165, 1.54) is 29.7 Å². The maximum atomic E-state index is 12.6. The summed E-state index contributed by atoms with van der Waals surface area (Å²) in [6.45, 7) is -0.108. The van der Waals surface area contributed by atoms with Crippen molar-refractivity contribution in [2.24, 2.45) is 5.92 Å². The van der Waals surface area contributed by atoms with Gasteiger partial charge in [-0.2, -0.15) is 18.3 Å². The van der Waals surface area contributed by atoms with Crippen LogP contribution < -0.4 is 4.74 Å². The van der Waals surface area contributed by atoms with Crippen molar-refractivity contribution in [3.63, 3.8) is 0 Å². The highest BCUT2D eigenvalue weighted by molar-refractivity contribution is 5.83. The van der Waals surface area contributed by atoms with Crippen molar-refractivity contribution in [2.75, 3.05) is 19.7 Å². The molecule has 0 saturated carbocycles. The number of fused-ring (bicyclic) bond motifs is 1. The van der Waals surface area contributed by atoms with Gasteiger partial charge in [0.1, 0.15) is 6.54 Å². The first-order chi connectivity index (χ1) is 14.8. The van der Waals surface area contributed by atoms with Gasteiger partial charge in [0.15, 0.2) is 5.52 Å². The first-order valence-corrected chi connectivity index (χ1v) is 9.60. The Labute approximate surface area is 174 Å². The van der Waals surface area contributed by atoms with Gasteiger partial charge < -0.3 is 14.7 Å². The smallest absolute Gasteiger partial charge is 0.408 e. The van der Waals surface area contributed by atoms with Crippen LogP contribution in [0.2, 0.25) is 0 Å². The van der Waals surface area contributed by atoms with Crippen LogP contribution in [0.5, 0.6) is 5.88 Å². The van der Waals surface area contributed by atoms with E-state index in [4.69, 9.17) is 4.74 Å². The summed E-state index contributed by atoms with van der Waals surface area (Å²) < 4.78 is 44.6. The average Bonchev–Trinajstić information content (AvgIpc) is 3.18. The normalized spacial score (nSPS) is 17.1. The predicted octanol–water partition coefficient (Wildman–Crippen LogP) is 3.22. The number of hydrogen-bond acceptors (Lipinski definition) is 6. The molecule has 4 rings (SSSR count). The second kappa shape index (κ2) is 8.36. The van der Waals surface area contributed by atoms with E-state index in [-0.39, 0.29) is 18.4 Å². The quantitative estimate of drug-likeness (QED) is 0.655. The fourth-order valence-electron chi connectivity index (χ4n) is 3.53. The molecule has 1 N–H and O–H groups in total. The van der Waals surface area contributed by atoms with Crippen LogP contribution in [0.1, 0.15) is 12.8 Å². The molecule has 1 aliphatic heterocycles. The minimum Gasteiger partial charge on any atom is -0.476 e. The van der Waals surface area contributed by atoms with E-state index in [0.29, 0.717) is 35.4 Å². The molecule has 0 aromatic carbocycles. The lowest BCUT2D eigenvalue weighted by molar-refractivity contribution is -0.142. The number of alkyl halides is 3. The Morgan fingerprint density at radius 2 is 2.10 bits per heavy atom. The minimum absolute atomic E-state index is 0.00318. The number of aromatic nitrogens is 5. The third kappa shape index (κ3) is 5.01. The summed E-state index contributed by atoms with van der Waals surface area (Å²) in [5.74, 6) is 0.188. The zero-order valence-electron chi connectivity index (χ0n) is 16.3. The number of halogens is 3. The van der Waals surface area contributed by atoms with Gasteiger partial charge in [0.25, 0.3) is 0 Å². The molecule has 9 nitrogen and oxygen atoms in total. The van der Waals surface area contributed by atoms with Crippen molar-refractivity contribution in [3.05, 3.63) is 30.9 Å². The fraction of sp³-hybridized carbons (Fsp3) is 0.421. The Balaban J connectivity index is 1.58. The number of carboxylic acid groups (broad SMARTS) is 1. The molecular weight excluding hydrogens is 417 g/mol. The molecular formula is C19H19F3N6O3. The number of hydrogen-bond donors (Lipinski definition) is 1. The molecule has 4 heterocycles. The molecule has 0 radical (unpaired) electrons. The number of amides is 1. The van der Waals surface area contributed by atoms with E-state index in [9.17, 15) is 23.1 Å². The standard InChI is InChI=1S/C19H19F3N6O3/c20-19(21,22)11-28-9-13(7-25-28)14-6-15-16(24-4-3-23-15)17(26-14)31-10-12-2-1-5-27(8-12)18(29)30/h3-4,6-7,9,12H,1-2,5,8,10-11H2,(H,29,30)/t12-/m0/s1. The number of rotatable bonds is 5. The SMILES string of the molecule is O=C(O)N1CCC[C@H](COc2nc(-c3cnn(CC(F)(F)F)c3)cc3nccnc23)C1. The molecule has 1 fully saturated rings. The van der Waals surface area contributed by atoms with Crippen LogP contribution in [-0.2, 0) is 6.54 Å². The Morgan fingerprint density at radius 1 is 1.29 bits per heavy atom. The zero-order valence-corrected chi connectivity index (χ0v) is 16.3. The first kappa shape index (κ1) is 20.8. The van der Waals surface area contributed by atoms with E-state index in [1.54, 1.807) is 6.07 Å². The number of pyridine rings is 1. The Kier molecular flexibility index (Phi) is 5.61. The molecule has 0 bridgehead atoms. The van der Waals surface area contributed by atoms with E-state index in [2.05, 4.69) is 20.1 Å². The highest BCUT2D eigenvalue weighted by Crippen LogP contribution is 2.28. The monoisotopic (exact) mass is 436 g/mol. The fourth-order valence-corrected chi connectivity index (χ4v) is 3.53. The maximum absolute atomic E-state index is 12.6. The lowest BCUT2D eigenvalue weighted by Crippen LogP contribution is -2.40. The topological polar surface area (TPSA) is 106 Å². The van der Waals surface area contributed by atoms with E-state index in [0.717, 1.165) is 17.5 Å². The maximum Gasteiger partial charge on any atom is 0.408 e. The molecule has 1 atom stereocenters. The van der Waals surface area contributed by atoms with Crippen LogP contribution >= 0.6 is 0 Å². The first-order valence-electron chi connectivity index (χ1n) is 9.60. The third-order valence-corrected chi connectivity index (χ3v) is 4.94. The summed E-state index contributed by atoms with van der Waals surface area (Å²) in [4.78, 5) is 25.5. The van der Waals surface area contributed by atoms with Gasteiger partial charge in [-0.1, -0.05) is 0 Å². The number of carbonyl (C=O) groups is 1. The number of likely N-dealkylation sites (tertiary alicyclic amines) is 1. The van der Waals surface area contributed by atoms with Gasteiger partial charge >= 0.3 is 12.3 Å². The highest BCUT2D eigenvalue weighted by Gasteiger charge is 2.28. The third-order valence-electron chi connectivity index (χ3n) is 4.94. The minimum atomic E-state index is -4.39. The van der Waals surface area contributed by atoms with Crippen molar-refractivity contribution in [3.8, 4) is 17.1 Å². The molecule has 0 unspecified atom stereocenters. The largest absolute Gasteiger partial charge is 0.476 e. The molecule has 31 heavy (non-hydrogen) atoms. The lowest BCUT2D eigenvalue weighted by atomic mass is 9.99. The van der Waals surface area contributed by atoms with E-state index >= 15 is 0 Å². The van der Waals surface area contributed by atoms with Crippen LogP contribution in [0.25, 0.3) is 22.3 Å². The molecule has 1 aliphatic rings. The number of ether oxygens (including phenoxy) is 1. The molecule has 164 valence electrons. The predicted molar refractivity (Wildman–Crippen MR) is 102 cm³/mol. The zero-order chi connectivity index (χ0) is 22.0. The Morgan fingerprint density at radius 3 is 2.87 bits per heavy atom. The van der Waals surface area contributed by atoms with Gasteiger partial charge in [0.05, 0.1) is 24.0 Å². The van der Waals surface area contributed by atoms with E-state index in [1.807, 2.05) is 0 Å². The summed E-state index contributed by atoms with van der Waals surface area (Å²) in [5, 5.41) is 12.9. The summed E-state index contributed by atoms with van der Waals surface area (Å²) >= 11 is 0. The summed E-state index contributed by atoms with van der Waals surface area (Å²) in [6.07, 6.45) is 1.75. The Hall–Kier alpha value is -3.44. The molecule has 12 heteroatoms. The van der Waals surface area contributed by atoms with Crippen molar-refractivity contribution < 1.29 is 27.8 Å². The molecule has 1 saturated heterocycles.